The van der Waals surface area contributed by atoms with Crippen LogP contribution in [0.5, 0.6) is 5.75 Å². The Morgan fingerprint density at radius 2 is 1.72 bits per heavy atom. The Hall–Kier alpha value is -3.46. The van der Waals surface area contributed by atoms with Crippen molar-refractivity contribution in [2.24, 2.45) is 0 Å². The molecule has 0 spiro atoms. The summed E-state index contributed by atoms with van der Waals surface area (Å²) in [6.45, 7) is 0.305. The Balaban J connectivity index is 1.77. The molecule has 0 fully saturated rings. The van der Waals surface area contributed by atoms with E-state index in [-0.39, 0.29) is 11.9 Å². The lowest BCUT2D eigenvalue weighted by atomic mass is 10.1. The SMILES string of the molecule is N#Cc1cnc(NC(COc2ccccc2)c2ccc(F)cc2)nc1. The number of benzene rings is 2. The van der Waals surface area contributed by atoms with E-state index in [9.17, 15) is 4.39 Å². The van der Waals surface area contributed by atoms with Crippen LogP contribution < -0.4 is 10.1 Å². The first kappa shape index (κ1) is 16.4. The second-order valence-corrected chi connectivity index (χ2v) is 5.28. The van der Waals surface area contributed by atoms with Gasteiger partial charge in [-0.05, 0) is 29.8 Å². The first-order valence-corrected chi connectivity index (χ1v) is 7.66. The van der Waals surface area contributed by atoms with Crippen LogP contribution in [-0.4, -0.2) is 16.6 Å². The van der Waals surface area contributed by atoms with Crippen LogP contribution in [0.3, 0.4) is 0 Å². The van der Waals surface area contributed by atoms with E-state index < -0.39 is 0 Å². The predicted molar refractivity (Wildman–Crippen MR) is 91.4 cm³/mol. The normalized spacial score (nSPS) is 11.4. The maximum absolute atomic E-state index is 13.2. The fraction of sp³-hybridized carbons (Fsp3) is 0.105. The highest BCUT2D eigenvalue weighted by Gasteiger charge is 2.14. The molecular weight excluding hydrogens is 319 g/mol. The maximum Gasteiger partial charge on any atom is 0.223 e. The summed E-state index contributed by atoms with van der Waals surface area (Å²) in [5, 5.41) is 12.0. The van der Waals surface area contributed by atoms with Gasteiger partial charge in [-0.15, -0.1) is 0 Å². The monoisotopic (exact) mass is 334 g/mol. The summed E-state index contributed by atoms with van der Waals surface area (Å²) in [6.07, 6.45) is 2.88. The third-order valence-corrected chi connectivity index (χ3v) is 3.52. The van der Waals surface area contributed by atoms with E-state index in [1.54, 1.807) is 12.1 Å². The number of rotatable bonds is 6. The van der Waals surface area contributed by atoms with Crippen molar-refractivity contribution in [3.05, 3.63) is 83.9 Å². The number of halogens is 1. The van der Waals surface area contributed by atoms with Crippen molar-refractivity contribution >= 4 is 5.95 Å². The minimum absolute atomic E-state index is 0.284. The van der Waals surface area contributed by atoms with Crippen LogP contribution in [0.4, 0.5) is 10.3 Å². The van der Waals surface area contributed by atoms with Gasteiger partial charge in [0.1, 0.15) is 24.2 Å². The van der Waals surface area contributed by atoms with Gasteiger partial charge in [0.2, 0.25) is 5.95 Å². The van der Waals surface area contributed by atoms with Gasteiger partial charge >= 0.3 is 0 Å². The molecule has 0 aliphatic heterocycles. The molecule has 0 radical (unpaired) electrons. The van der Waals surface area contributed by atoms with Crippen LogP contribution in [0.15, 0.2) is 67.0 Å². The Morgan fingerprint density at radius 1 is 1.04 bits per heavy atom. The highest BCUT2D eigenvalue weighted by Crippen LogP contribution is 2.20. The molecule has 1 unspecified atom stereocenters. The van der Waals surface area contributed by atoms with E-state index in [1.165, 1.54) is 24.5 Å². The standard InChI is InChI=1S/C19H15FN4O/c20-16-8-6-15(7-9-16)18(13-25-17-4-2-1-3-5-17)24-19-22-11-14(10-21)12-23-19/h1-9,11-12,18H,13H2,(H,22,23,24). The number of nitrogens with one attached hydrogen (secondary N) is 1. The highest BCUT2D eigenvalue weighted by molar-refractivity contribution is 5.35. The zero-order chi connectivity index (χ0) is 17.5. The van der Waals surface area contributed by atoms with Gasteiger partial charge in [-0.3, -0.25) is 0 Å². The summed E-state index contributed by atoms with van der Waals surface area (Å²) in [5.74, 6) is 0.795. The molecule has 6 heteroatoms. The molecule has 0 amide bonds. The molecule has 1 N–H and O–H groups in total. The number of aromatic nitrogens is 2. The quantitative estimate of drug-likeness (QED) is 0.744. The number of para-hydroxylation sites is 1. The van der Waals surface area contributed by atoms with Gasteiger partial charge in [-0.2, -0.15) is 5.26 Å². The summed E-state index contributed by atoms with van der Waals surface area (Å²) in [6, 6.07) is 17.3. The molecule has 1 aromatic heterocycles. The van der Waals surface area contributed by atoms with Gasteiger partial charge in [0.15, 0.2) is 0 Å². The molecule has 1 atom stereocenters. The molecule has 0 saturated heterocycles. The first-order chi connectivity index (χ1) is 12.2. The van der Waals surface area contributed by atoms with Crippen molar-refractivity contribution in [1.29, 1.82) is 5.26 Å². The molecule has 0 bridgehead atoms. The van der Waals surface area contributed by atoms with Crippen molar-refractivity contribution in [3.8, 4) is 11.8 Å². The van der Waals surface area contributed by atoms with E-state index in [0.717, 1.165) is 11.3 Å². The lowest BCUT2D eigenvalue weighted by molar-refractivity contribution is 0.298. The average molecular weight is 334 g/mol. The lowest BCUT2D eigenvalue weighted by Gasteiger charge is -2.20. The maximum atomic E-state index is 13.2. The van der Waals surface area contributed by atoms with Gasteiger partial charge in [0, 0.05) is 0 Å². The number of anilines is 1. The third kappa shape index (κ3) is 4.52. The highest BCUT2D eigenvalue weighted by atomic mass is 19.1. The van der Waals surface area contributed by atoms with Crippen molar-refractivity contribution in [2.75, 3.05) is 11.9 Å². The predicted octanol–water partition coefficient (Wildman–Crippen LogP) is 3.72. The van der Waals surface area contributed by atoms with E-state index >= 15 is 0 Å². The van der Waals surface area contributed by atoms with Gasteiger partial charge in [-0.1, -0.05) is 30.3 Å². The van der Waals surface area contributed by atoms with Crippen molar-refractivity contribution in [2.45, 2.75) is 6.04 Å². The average Bonchev–Trinajstić information content (AvgIpc) is 2.67. The molecule has 1 heterocycles. The van der Waals surface area contributed by atoms with Gasteiger partial charge < -0.3 is 10.1 Å². The smallest absolute Gasteiger partial charge is 0.223 e. The Kier molecular flexibility index (Phi) is 5.17. The van der Waals surface area contributed by atoms with Gasteiger partial charge in [0.25, 0.3) is 0 Å². The first-order valence-electron chi connectivity index (χ1n) is 7.66. The fourth-order valence-corrected chi connectivity index (χ4v) is 2.23. The zero-order valence-electron chi connectivity index (χ0n) is 13.3. The van der Waals surface area contributed by atoms with Crippen molar-refractivity contribution in [1.82, 2.24) is 9.97 Å². The molecule has 2 aromatic carbocycles. The van der Waals surface area contributed by atoms with Crippen LogP contribution in [0.1, 0.15) is 17.2 Å². The zero-order valence-corrected chi connectivity index (χ0v) is 13.3. The second-order valence-electron chi connectivity index (χ2n) is 5.28. The summed E-state index contributed by atoms with van der Waals surface area (Å²) >= 11 is 0. The Labute approximate surface area is 144 Å². The Morgan fingerprint density at radius 3 is 2.36 bits per heavy atom. The van der Waals surface area contributed by atoms with Crippen LogP contribution in [0.25, 0.3) is 0 Å². The van der Waals surface area contributed by atoms with Crippen molar-refractivity contribution < 1.29 is 9.13 Å². The summed E-state index contributed by atoms with van der Waals surface area (Å²) in [5.41, 5.74) is 1.22. The van der Waals surface area contributed by atoms with Crippen LogP contribution in [0.2, 0.25) is 0 Å². The fourth-order valence-electron chi connectivity index (χ4n) is 2.23. The molecule has 3 aromatic rings. The van der Waals surface area contributed by atoms with Crippen LogP contribution >= 0.6 is 0 Å². The van der Waals surface area contributed by atoms with Crippen molar-refractivity contribution in [3.63, 3.8) is 0 Å². The third-order valence-electron chi connectivity index (χ3n) is 3.52. The van der Waals surface area contributed by atoms with E-state index in [1.807, 2.05) is 36.4 Å². The molecule has 0 saturated carbocycles. The minimum Gasteiger partial charge on any atom is -0.491 e. The van der Waals surface area contributed by atoms with Gasteiger partial charge in [0.05, 0.1) is 24.0 Å². The molecule has 124 valence electrons. The molecular formula is C19H15FN4O. The lowest BCUT2D eigenvalue weighted by Crippen LogP contribution is -2.20. The molecule has 0 aliphatic carbocycles. The molecule has 5 nitrogen and oxygen atoms in total. The largest absolute Gasteiger partial charge is 0.491 e. The second kappa shape index (κ2) is 7.88. The minimum atomic E-state index is -0.305. The van der Waals surface area contributed by atoms with Crippen LogP contribution in [-0.2, 0) is 0 Å². The van der Waals surface area contributed by atoms with E-state index in [2.05, 4.69) is 15.3 Å². The molecule has 3 rings (SSSR count). The number of ether oxygens (including phenoxy) is 1. The topological polar surface area (TPSA) is 70.8 Å². The number of hydrogen-bond donors (Lipinski definition) is 1. The van der Waals surface area contributed by atoms with Gasteiger partial charge in [-0.25, -0.2) is 14.4 Å². The number of nitrogens with zero attached hydrogens (tertiary/aromatic N) is 3. The number of nitriles is 1. The Bertz CT molecular complexity index is 845. The van der Waals surface area contributed by atoms with Crippen LogP contribution in [0, 0.1) is 17.1 Å². The van der Waals surface area contributed by atoms with E-state index in [0.29, 0.717) is 18.1 Å². The molecule has 25 heavy (non-hydrogen) atoms. The summed E-state index contributed by atoms with van der Waals surface area (Å²) in [7, 11) is 0. The van der Waals surface area contributed by atoms with E-state index in [4.69, 9.17) is 10.00 Å². The summed E-state index contributed by atoms with van der Waals surface area (Å²) in [4.78, 5) is 8.23. The summed E-state index contributed by atoms with van der Waals surface area (Å²) < 4.78 is 19.0. The molecule has 0 aliphatic rings. The number of hydrogen-bond acceptors (Lipinski definition) is 5.